The smallest absolute Gasteiger partial charge is 0.333 e. The number of primary amides is 2. The molecule has 0 aliphatic heterocycles. The van der Waals surface area contributed by atoms with Gasteiger partial charge in [-0.2, -0.15) is 0 Å². The third-order valence-corrected chi connectivity index (χ3v) is 2.42. The van der Waals surface area contributed by atoms with Crippen LogP contribution in [-0.2, 0) is 14.6 Å². The predicted octanol–water partition coefficient (Wildman–Crippen LogP) is -1.44. The summed E-state index contributed by atoms with van der Waals surface area (Å²) in [4.78, 5) is 20.3. The van der Waals surface area contributed by atoms with E-state index in [0.717, 1.165) is 6.42 Å². The van der Waals surface area contributed by atoms with Gasteiger partial charge in [0.1, 0.15) is 0 Å². The lowest BCUT2D eigenvalue weighted by atomic mass is 10.3. The number of amides is 2. The van der Waals surface area contributed by atoms with Gasteiger partial charge in [0.05, 0.1) is 12.2 Å². The van der Waals surface area contributed by atoms with E-state index in [-0.39, 0.29) is 6.42 Å². The fraction of sp³-hybridized carbons (Fsp3) is 0.400. The second-order valence-electron chi connectivity index (χ2n) is 2.03. The van der Waals surface area contributed by atoms with E-state index in [1.807, 2.05) is 0 Å². The molecule has 69 valence electrons. The summed E-state index contributed by atoms with van der Waals surface area (Å²) in [7, 11) is -3.89. The van der Waals surface area contributed by atoms with Crippen LogP contribution in [0.1, 0.15) is 6.42 Å². The SMILES string of the molecule is NC(=O)[CH]CCS(=O)(=O)C(N)=O. The van der Waals surface area contributed by atoms with Crippen LogP contribution in [0.4, 0.5) is 4.79 Å². The van der Waals surface area contributed by atoms with Gasteiger partial charge in [-0.05, 0) is 6.42 Å². The topological polar surface area (TPSA) is 120 Å². The molecule has 0 aliphatic carbocycles. The lowest BCUT2D eigenvalue weighted by Gasteiger charge is -1.96. The quantitative estimate of drug-likeness (QED) is 0.567. The molecule has 7 heteroatoms. The molecule has 0 bridgehead atoms. The summed E-state index contributed by atoms with van der Waals surface area (Å²) in [6.07, 6.45) is 0.876. The number of carbonyl (C=O) groups is 2. The van der Waals surface area contributed by atoms with Gasteiger partial charge in [-0.3, -0.25) is 9.59 Å². The van der Waals surface area contributed by atoms with Gasteiger partial charge in [0.25, 0.3) is 0 Å². The zero-order valence-corrected chi connectivity index (χ0v) is 7.00. The van der Waals surface area contributed by atoms with Crippen molar-refractivity contribution in [3.63, 3.8) is 0 Å². The van der Waals surface area contributed by atoms with E-state index < -0.39 is 26.7 Å². The van der Waals surface area contributed by atoms with Crippen LogP contribution in [0, 0.1) is 6.42 Å². The van der Waals surface area contributed by atoms with Crippen molar-refractivity contribution in [2.75, 3.05) is 5.75 Å². The first-order valence-corrected chi connectivity index (χ1v) is 4.66. The maximum atomic E-state index is 10.7. The zero-order chi connectivity index (χ0) is 9.78. The maximum absolute atomic E-state index is 10.7. The standard InChI is InChI=1S/C5H9N2O4S/c6-4(8)2-1-3-12(10,11)5(7)9/h2H,1,3H2,(H2,6,8)(H2,7,9). The van der Waals surface area contributed by atoms with Crippen molar-refractivity contribution in [1.82, 2.24) is 0 Å². The molecule has 0 saturated carbocycles. The Morgan fingerprint density at radius 3 is 2.08 bits per heavy atom. The Morgan fingerprint density at radius 1 is 1.25 bits per heavy atom. The van der Waals surface area contributed by atoms with Crippen LogP contribution in [0.2, 0.25) is 0 Å². The van der Waals surface area contributed by atoms with Crippen molar-refractivity contribution in [3.05, 3.63) is 6.42 Å². The summed E-state index contributed by atoms with van der Waals surface area (Å²) in [5, 5.41) is -1.39. The molecule has 0 aromatic rings. The molecular weight excluding hydrogens is 184 g/mol. The van der Waals surface area contributed by atoms with Gasteiger partial charge < -0.3 is 11.5 Å². The van der Waals surface area contributed by atoms with E-state index in [4.69, 9.17) is 5.73 Å². The number of carbonyl (C=O) groups excluding carboxylic acids is 2. The van der Waals surface area contributed by atoms with E-state index in [9.17, 15) is 18.0 Å². The highest BCUT2D eigenvalue weighted by atomic mass is 32.2. The van der Waals surface area contributed by atoms with Crippen molar-refractivity contribution < 1.29 is 18.0 Å². The molecule has 0 saturated heterocycles. The summed E-state index contributed by atoms with van der Waals surface area (Å²) < 4.78 is 21.3. The molecule has 0 aliphatic rings. The Labute approximate surface area is 69.8 Å². The molecule has 1 radical (unpaired) electrons. The monoisotopic (exact) mass is 193 g/mol. The van der Waals surface area contributed by atoms with Gasteiger partial charge in [-0.25, -0.2) is 8.42 Å². The average Bonchev–Trinajstić information content (AvgIpc) is 1.85. The summed E-state index contributed by atoms with van der Waals surface area (Å²) in [5.41, 5.74) is 9.22. The Bertz CT molecular complexity index is 282. The molecule has 12 heavy (non-hydrogen) atoms. The molecule has 0 rings (SSSR count). The van der Waals surface area contributed by atoms with E-state index in [2.05, 4.69) is 5.73 Å². The van der Waals surface area contributed by atoms with Crippen LogP contribution in [0.15, 0.2) is 0 Å². The fourth-order valence-corrected chi connectivity index (χ4v) is 1.09. The third kappa shape index (κ3) is 3.91. The van der Waals surface area contributed by atoms with E-state index in [0.29, 0.717) is 0 Å². The number of hydrogen-bond acceptors (Lipinski definition) is 4. The Hall–Kier alpha value is -1.11. The van der Waals surface area contributed by atoms with Crippen LogP contribution >= 0.6 is 0 Å². The predicted molar refractivity (Wildman–Crippen MR) is 41.5 cm³/mol. The fourth-order valence-electron chi connectivity index (χ4n) is 0.457. The van der Waals surface area contributed by atoms with Crippen LogP contribution in [0.5, 0.6) is 0 Å². The van der Waals surface area contributed by atoms with Crippen LogP contribution in [0.3, 0.4) is 0 Å². The molecule has 0 heterocycles. The van der Waals surface area contributed by atoms with Crippen molar-refractivity contribution in [1.29, 1.82) is 0 Å². The first-order valence-electron chi connectivity index (χ1n) is 3.01. The summed E-state index contributed by atoms with van der Waals surface area (Å²) in [6.45, 7) is 0. The van der Waals surface area contributed by atoms with Gasteiger partial charge in [0.15, 0.2) is 0 Å². The third-order valence-electron chi connectivity index (χ3n) is 1.04. The van der Waals surface area contributed by atoms with Crippen molar-refractivity contribution in [2.24, 2.45) is 11.5 Å². The van der Waals surface area contributed by atoms with E-state index in [1.54, 1.807) is 0 Å². The summed E-state index contributed by atoms with van der Waals surface area (Å²) in [5.74, 6) is -1.21. The van der Waals surface area contributed by atoms with Gasteiger partial charge in [0, 0.05) is 0 Å². The minimum absolute atomic E-state index is 0.0966. The Kier molecular flexibility index (Phi) is 3.68. The minimum Gasteiger partial charge on any atom is -0.369 e. The average molecular weight is 193 g/mol. The van der Waals surface area contributed by atoms with E-state index >= 15 is 0 Å². The number of hydrogen-bond donors (Lipinski definition) is 2. The molecule has 2 amide bonds. The van der Waals surface area contributed by atoms with Crippen LogP contribution < -0.4 is 11.5 Å². The molecule has 0 aromatic carbocycles. The lowest BCUT2D eigenvalue weighted by molar-refractivity contribution is -0.115. The molecule has 0 spiro atoms. The first-order chi connectivity index (χ1) is 5.36. The molecule has 0 atom stereocenters. The van der Waals surface area contributed by atoms with Crippen LogP contribution in [-0.4, -0.2) is 25.3 Å². The highest BCUT2D eigenvalue weighted by molar-refractivity contribution is 8.05. The summed E-state index contributed by atoms with van der Waals surface area (Å²) >= 11 is 0. The van der Waals surface area contributed by atoms with Gasteiger partial charge in [-0.1, -0.05) is 0 Å². The normalized spacial score (nSPS) is 11.0. The minimum atomic E-state index is -3.89. The molecule has 0 unspecified atom stereocenters. The Morgan fingerprint density at radius 2 is 1.75 bits per heavy atom. The lowest BCUT2D eigenvalue weighted by Crippen LogP contribution is -2.25. The number of sulfone groups is 1. The highest BCUT2D eigenvalue weighted by Gasteiger charge is 2.17. The maximum Gasteiger partial charge on any atom is 0.333 e. The van der Waals surface area contributed by atoms with Crippen LogP contribution in [0.25, 0.3) is 0 Å². The molecule has 4 N–H and O–H groups in total. The summed E-state index contributed by atoms with van der Waals surface area (Å²) in [6, 6.07) is 0. The first kappa shape index (κ1) is 10.9. The van der Waals surface area contributed by atoms with Crippen molar-refractivity contribution >= 4 is 21.0 Å². The highest BCUT2D eigenvalue weighted by Crippen LogP contribution is 1.95. The van der Waals surface area contributed by atoms with Gasteiger partial charge >= 0.3 is 5.24 Å². The number of nitrogens with two attached hydrogens (primary N) is 2. The van der Waals surface area contributed by atoms with Crippen molar-refractivity contribution in [3.8, 4) is 0 Å². The molecule has 0 aromatic heterocycles. The Balaban J connectivity index is 3.95. The van der Waals surface area contributed by atoms with Gasteiger partial charge in [-0.15, -0.1) is 0 Å². The molecule has 0 fully saturated rings. The molecular formula is C5H9N2O4S. The molecule has 6 nitrogen and oxygen atoms in total. The zero-order valence-electron chi connectivity index (χ0n) is 6.19. The second kappa shape index (κ2) is 4.05. The largest absolute Gasteiger partial charge is 0.369 e. The van der Waals surface area contributed by atoms with Crippen molar-refractivity contribution in [2.45, 2.75) is 6.42 Å². The van der Waals surface area contributed by atoms with Gasteiger partial charge in [0.2, 0.25) is 15.7 Å². The second-order valence-corrected chi connectivity index (χ2v) is 4.07. The number of rotatable bonds is 4. The van der Waals surface area contributed by atoms with E-state index in [1.165, 1.54) is 0 Å².